The minimum atomic E-state index is -0.753. The van der Waals surface area contributed by atoms with E-state index in [-0.39, 0.29) is 13.2 Å². The van der Waals surface area contributed by atoms with E-state index in [1.807, 2.05) is 12.2 Å². The third kappa shape index (κ3) is 4.55. The van der Waals surface area contributed by atoms with Crippen molar-refractivity contribution in [3.63, 3.8) is 0 Å². The van der Waals surface area contributed by atoms with Crippen molar-refractivity contribution in [1.29, 1.82) is 0 Å². The SMILES string of the molecule is OCCOC1=CCC#CC=C1c1ccccc1P(c1ccccc1)c1ccccc1. The summed E-state index contributed by atoms with van der Waals surface area (Å²) in [6.45, 7) is 0.241. The van der Waals surface area contributed by atoms with Gasteiger partial charge in [-0.05, 0) is 41.6 Å². The van der Waals surface area contributed by atoms with Crippen LogP contribution in [-0.2, 0) is 4.74 Å². The van der Waals surface area contributed by atoms with Crippen molar-refractivity contribution in [1.82, 2.24) is 0 Å². The number of aliphatic hydroxyl groups excluding tert-OH is 1. The Morgan fingerprint density at radius 3 is 2.13 bits per heavy atom. The standard InChI is InChI=1S/C27H23O2P/c28-20-21-29-26-18-9-3-8-16-24(26)25-17-10-11-19-27(25)30(22-12-4-1-5-13-22)23-14-6-2-7-15-23/h1-2,4-7,10-19,28H,9,20-21H2. The largest absolute Gasteiger partial charge is 0.491 e. The Morgan fingerprint density at radius 1 is 0.833 bits per heavy atom. The lowest BCUT2D eigenvalue weighted by Gasteiger charge is -2.24. The van der Waals surface area contributed by atoms with Crippen LogP contribution in [0.15, 0.2) is 103 Å². The second kappa shape index (κ2) is 10.1. The lowest BCUT2D eigenvalue weighted by molar-refractivity contribution is 0.153. The maximum Gasteiger partial charge on any atom is 0.124 e. The Hall–Kier alpha value is -3.11. The number of aliphatic hydroxyl groups is 1. The zero-order valence-electron chi connectivity index (χ0n) is 16.7. The maximum atomic E-state index is 9.26. The molecule has 0 bridgehead atoms. The normalized spacial score (nSPS) is 13.0. The topological polar surface area (TPSA) is 29.5 Å². The van der Waals surface area contributed by atoms with Gasteiger partial charge in [0.2, 0.25) is 0 Å². The highest BCUT2D eigenvalue weighted by Crippen LogP contribution is 2.37. The van der Waals surface area contributed by atoms with E-state index in [1.54, 1.807) is 0 Å². The number of hydrogen-bond acceptors (Lipinski definition) is 2. The van der Waals surface area contributed by atoms with Crippen LogP contribution < -0.4 is 15.9 Å². The van der Waals surface area contributed by atoms with Gasteiger partial charge in [0.1, 0.15) is 12.4 Å². The van der Waals surface area contributed by atoms with Gasteiger partial charge in [0.15, 0.2) is 0 Å². The van der Waals surface area contributed by atoms with E-state index >= 15 is 0 Å². The Balaban J connectivity index is 1.87. The summed E-state index contributed by atoms with van der Waals surface area (Å²) in [5.74, 6) is 7.04. The van der Waals surface area contributed by atoms with Gasteiger partial charge in [0.25, 0.3) is 0 Å². The second-order valence-corrected chi connectivity index (χ2v) is 8.93. The van der Waals surface area contributed by atoms with Crippen LogP contribution in [0.5, 0.6) is 0 Å². The van der Waals surface area contributed by atoms with Gasteiger partial charge in [-0.3, -0.25) is 0 Å². The molecule has 1 N–H and O–H groups in total. The van der Waals surface area contributed by atoms with Gasteiger partial charge >= 0.3 is 0 Å². The van der Waals surface area contributed by atoms with E-state index in [4.69, 9.17) is 4.74 Å². The predicted octanol–water partition coefficient (Wildman–Crippen LogP) is 4.13. The Kier molecular flexibility index (Phi) is 6.78. The predicted molar refractivity (Wildman–Crippen MR) is 127 cm³/mol. The Morgan fingerprint density at radius 2 is 1.47 bits per heavy atom. The van der Waals surface area contributed by atoms with Crippen molar-refractivity contribution in [2.75, 3.05) is 13.2 Å². The van der Waals surface area contributed by atoms with Crippen LogP contribution in [0.3, 0.4) is 0 Å². The smallest absolute Gasteiger partial charge is 0.124 e. The van der Waals surface area contributed by atoms with Gasteiger partial charge in [0.05, 0.1) is 6.61 Å². The molecular weight excluding hydrogens is 387 g/mol. The van der Waals surface area contributed by atoms with Crippen LogP contribution in [0, 0.1) is 11.8 Å². The van der Waals surface area contributed by atoms with E-state index in [1.165, 1.54) is 15.9 Å². The molecule has 0 amide bonds. The summed E-state index contributed by atoms with van der Waals surface area (Å²) in [4.78, 5) is 0. The fourth-order valence-corrected chi connectivity index (χ4v) is 5.95. The summed E-state index contributed by atoms with van der Waals surface area (Å²) in [6, 6.07) is 29.8. The lowest BCUT2D eigenvalue weighted by Crippen LogP contribution is -2.23. The number of hydrogen-bond donors (Lipinski definition) is 1. The summed E-state index contributed by atoms with van der Waals surface area (Å²) < 4.78 is 5.90. The molecule has 148 valence electrons. The molecule has 0 fully saturated rings. The van der Waals surface area contributed by atoms with Crippen molar-refractivity contribution >= 4 is 29.4 Å². The van der Waals surface area contributed by atoms with Crippen molar-refractivity contribution in [3.8, 4) is 11.8 Å². The minimum Gasteiger partial charge on any atom is -0.491 e. The van der Waals surface area contributed by atoms with Crippen LogP contribution in [0.25, 0.3) is 5.57 Å². The molecule has 3 heteroatoms. The molecule has 1 aliphatic carbocycles. The van der Waals surface area contributed by atoms with E-state index in [0.29, 0.717) is 6.42 Å². The first-order valence-corrected chi connectivity index (χ1v) is 11.3. The van der Waals surface area contributed by atoms with Gasteiger partial charge in [-0.1, -0.05) is 96.8 Å². The van der Waals surface area contributed by atoms with Crippen molar-refractivity contribution < 1.29 is 9.84 Å². The third-order valence-electron chi connectivity index (χ3n) is 4.79. The van der Waals surface area contributed by atoms with Gasteiger partial charge in [0, 0.05) is 12.0 Å². The molecule has 4 rings (SSSR count). The zero-order valence-corrected chi connectivity index (χ0v) is 17.6. The van der Waals surface area contributed by atoms with Crippen molar-refractivity contribution in [3.05, 3.63) is 108 Å². The molecule has 0 radical (unpaired) electrons. The molecule has 0 atom stereocenters. The number of rotatable bonds is 7. The van der Waals surface area contributed by atoms with Gasteiger partial charge < -0.3 is 9.84 Å². The first kappa shape index (κ1) is 20.2. The number of allylic oxidation sites excluding steroid dienone is 3. The fourth-order valence-electron chi connectivity index (χ4n) is 3.49. The van der Waals surface area contributed by atoms with Crippen molar-refractivity contribution in [2.24, 2.45) is 0 Å². The highest BCUT2D eigenvalue weighted by Gasteiger charge is 2.22. The van der Waals surface area contributed by atoms with Crippen LogP contribution in [0.1, 0.15) is 12.0 Å². The molecule has 30 heavy (non-hydrogen) atoms. The first-order valence-electron chi connectivity index (χ1n) is 10.0. The molecule has 3 aromatic carbocycles. The first-order chi connectivity index (χ1) is 14.9. The molecule has 0 saturated carbocycles. The number of ether oxygens (including phenoxy) is 1. The summed E-state index contributed by atoms with van der Waals surface area (Å²) in [5, 5.41) is 13.1. The van der Waals surface area contributed by atoms with E-state index in [9.17, 15) is 5.11 Å². The van der Waals surface area contributed by atoms with Crippen molar-refractivity contribution in [2.45, 2.75) is 6.42 Å². The molecule has 2 nitrogen and oxygen atoms in total. The highest BCUT2D eigenvalue weighted by atomic mass is 31.1. The molecule has 0 aliphatic heterocycles. The van der Waals surface area contributed by atoms with Gasteiger partial charge in [-0.25, -0.2) is 0 Å². The monoisotopic (exact) mass is 410 g/mol. The fraction of sp³-hybridized carbons (Fsp3) is 0.111. The average Bonchev–Trinajstić information content (AvgIpc) is 3.05. The van der Waals surface area contributed by atoms with E-state index in [2.05, 4.69) is 96.8 Å². The maximum absolute atomic E-state index is 9.26. The summed E-state index contributed by atoms with van der Waals surface area (Å²) in [5.41, 5.74) is 2.10. The highest BCUT2D eigenvalue weighted by molar-refractivity contribution is 7.80. The third-order valence-corrected chi connectivity index (χ3v) is 7.29. The molecular formula is C27H23O2P. The van der Waals surface area contributed by atoms with Crippen LogP contribution >= 0.6 is 7.92 Å². The van der Waals surface area contributed by atoms with E-state index < -0.39 is 7.92 Å². The quantitative estimate of drug-likeness (QED) is 0.469. The molecule has 0 aromatic heterocycles. The summed E-state index contributed by atoms with van der Waals surface area (Å²) in [7, 11) is -0.753. The molecule has 0 spiro atoms. The van der Waals surface area contributed by atoms with Gasteiger partial charge in [-0.2, -0.15) is 0 Å². The number of benzene rings is 3. The van der Waals surface area contributed by atoms with Crippen LogP contribution in [0.2, 0.25) is 0 Å². The molecule has 3 aromatic rings. The lowest BCUT2D eigenvalue weighted by atomic mass is 10.0. The molecule has 0 unspecified atom stereocenters. The molecule has 0 heterocycles. The summed E-state index contributed by atoms with van der Waals surface area (Å²) in [6.07, 6.45) is 4.58. The average molecular weight is 410 g/mol. The molecule has 0 saturated heterocycles. The second-order valence-electron chi connectivity index (χ2n) is 6.75. The molecule has 1 aliphatic rings. The Bertz CT molecular complexity index is 1070. The Labute approximate surface area is 179 Å². The van der Waals surface area contributed by atoms with Gasteiger partial charge in [-0.15, -0.1) is 0 Å². The van der Waals surface area contributed by atoms with Crippen LogP contribution in [-0.4, -0.2) is 18.3 Å². The van der Waals surface area contributed by atoms with E-state index in [0.717, 1.165) is 16.9 Å². The van der Waals surface area contributed by atoms with Crippen LogP contribution in [0.4, 0.5) is 0 Å². The minimum absolute atomic E-state index is 0.0200. The zero-order chi connectivity index (χ0) is 20.6. The summed E-state index contributed by atoms with van der Waals surface area (Å²) >= 11 is 0.